The fourth-order valence-corrected chi connectivity index (χ4v) is 6.24. The lowest BCUT2D eigenvalue weighted by atomic mass is 10.1. The van der Waals surface area contributed by atoms with Crippen LogP contribution < -0.4 is 10.5 Å². The normalized spacial score (nSPS) is 15.3. The van der Waals surface area contributed by atoms with Gasteiger partial charge in [-0.3, -0.25) is 14.6 Å². The van der Waals surface area contributed by atoms with Gasteiger partial charge in [-0.1, -0.05) is 0 Å². The molecule has 35 heavy (non-hydrogen) atoms. The van der Waals surface area contributed by atoms with Crippen molar-refractivity contribution in [3.8, 4) is 16.3 Å². The number of primary amides is 1. The largest absolute Gasteiger partial charge is 0.491 e. The number of aryl methyl sites for hydroxylation is 1. The van der Waals surface area contributed by atoms with Crippen molar-refractivity contribution in [3.63, 3.8) is 0 Å². The Balaban J connectivity index is 1.47. The van der Waals surface area contributed by atoms with Gasteiger partial charge >= 0.3 is 0 Å². The van der Waals surface area contributed by atoms with E-state index in [4.69, 9.17) is 20.4 Å². The molecular weight excluding hydrogens is 478 g/mol. The van der Waals surface area contributed by atoms with Gasteiger partial charge in [-0.25, -0.2) is 9.97 Å². The molecule has 4 rings (SSSR count). The van der Waals surface area contributed by atoms with Crippen molar-refractivity contribution in [2.45, 2.75) is 59.7 Å². The molecule has 0 unspecified atom stereocenters. The molecule has 7 nitrogen and oxygen atoms in total. The fourth-order valence-electron chi connectivity index (χ4n) is 4.29. The van der Waals surface area contributed by atoms with Crippen LogP contribution in [0.1, 0.15) is 59.3 Å². The molecule has 1 aliphatic rings. The zero-order chi connectivity index (χ0) is 25.1. The third-order valence-electron chi connectivity index (χ3n) is 6.17. The first kappa shape index (κ1) is 25.8. The van der Waals surface area contributed by atoms with Crippen LogP contribution in [0.2, 0.25) is 0 Å². The summed E-state index contributed by atoms with van der Waals surface area (Å²) in [6.07, 6.45) is 0.616. The maximum atomic E-state index is 11.7. The predicted molar refractivity (Wildman–Crippen MR) is 143 cm³/mol. The molecule has 0 saturated carbocycles. The highest BCUT2D eigenvalue weighted by atomic mass is 32.1. The molecule has 0 radical (unpaired) electrons. The van der Waals surface area contributed by atoms with Gasteiger partial charge in [-0.2, -0.15) is 0 Å². The van der Waals surface area contributed by atoms with Gasteiger partial charge in [0.25, 0.3) is 0 Å². The molecule has 1 aromatic carbocycles. The summed E-state index contributed by atoms with van der Waals surface area (Å²) < 4.78 is 5.97. The number of carbonyl (C=O) groups excluding carboxylic acids is 1. The van der Waals surface area contributed by atoms with Crippen molar-refractivity contribution < 1.29 is 9.53 Å². The third kappa shape index (κ3) is 6.46. The SMILES string of the molecule is Cc1nc(CN2CCN(C(C)C)CC2)sc1-c1csc(Cc2cc(C(N)=O)ccc2OC(C)C)n1. The molecule has 9 heteroatoms. The van der Waals surface area contributed by atoms with E-state index in [1.54, 1.807) is 28.7 Å². The zero-order valence-electron chi connectivity index (χ0n) is 21.2. The van der Waals surface area contributed by atoms with Gasteiger partial charge in [-0.15, -0.1) is 22.7 Å². The highest BCUT2D eigenvalue weighted by molar-refractivity contribution is 7.16. The van der Waals surface area contributed by atoms with Crippen LogP contribution in [-0.2, 0) is 13.0 Å². The van der Waals surface area contributed by atoms with E-state index in [1.807, 2.05) is 26.0 Å². The third-order valence-corrected chi connectivity index (χ3v) is 8.18. The summed E-state index contributed by atoms with van der Waals surface area (Å²) in [6.45, 7) is 15.9. The Bertz CT molecular complexity index is 1160. The maximum absolute atomic E-state index is 11.7. The minimum Gasteiger partial charge on any atom is -0.491 e. The molecule has 0 spiro atoms. The Hall–Kier alpha value is -2.33. The molecular formula is C26H35N5O2S2. The number of thiazole rings is 2. The molecule has 3 heterocycles. The van der Waals surface area contributed by atoms with Crippen molar-refractivity contribution in [3.05, 3.63) is 50.4 Å². The van der Waals surface area contributed by atoms with Gasteiger partial charge in [0.1, 0.15) is 10.8 Å². The highest BCUT2D eigenvalue weighted by Gasteiger charge is 2.21. The second-order valence-corrected chi connectivity index (χ2v) is 11.6. The van der Waals surface area contributed by atoms with Crippen LogP contribution in [-0.4, -0.2) is 64.0 Å². The van der Waals surface area contributed by atoms with E-state index in [2.05, 4.69) is 36.0 Å². The lowest BCUT2D eigenvalue weighted by Crippen LogP contribution is -2.48. The number of nitrogens with two attached hydrogens (primary N) is 1. The van der Waals surface area contributed by atoms with E-state index in [9.17, 15) is 4.79 Å². The van der Waals surface area contributed by atoms with Crippen LogP contribution in [0.5, 0.6) is 5.75 Å². The smallest absolute Gasteiger partial charge is 0.248 e. The number of benzene rings is 1. The summed E-state index contributed by atoms with van der Waals surface area (Å²) >= 11 is 3.36. The minimum atomic E-state index is -0.444. The second-order valence-electron chi connectivity index (χ2n) is 9.58. The van der Waals surface area contributed by atoms with Gasteiger partial charge in [0.15, 0.2) is 0 Å². The van der Waals surface area contributed by atoms with E-state index in [1.165, 1.54) is 0 Å². The molecule has 188 valence electrons. The van der Waals surface area contributed by atoms with Crippen molar-refractivity contribution in [1.82, 2.24) is 19.8 Å². The number of carbonyl (C=O) groups is 1. The Morgan fingerprint density at radius 2 is 1.86 bits per heavy atom. The summed E-state index contributed by atoms with van der Waals surface area (Å²) in [7, 11) is 0. The second kappa shape index (κ2) is 11.2. The molecule has 1 saturated heterocycles. The Kier molecular flexibility index (Phi) is 8.21. The lowest BCUT2D eigenvalue weighted by Gasteiger charge is -2.36. The molecule has 2 N–H and O–H groups in total. The topological polar surface area (TPSA) is 84.6 Å². The summed E-state index contributed by atoms with van der Waals surface area (Å²) in [4.78, 5) is 27.7. The molecule has 3 aromatic rings. The van der Waals surface area contributed by atoms with Crippen LogP contribution in [0, 0.1) is 6.92 Å². The van der Waals surface area contributed by atoms with Crippen molar-refractivity contribution in [2.24, 2.45) is 5.73 Å². The number of rotatable bonds is 9. The number of amides is 1. The number of aromatic nitrogens is 2. The van der Waals surface area contributed by atoms with E-state index in [-0.39, 0.29) is 6.10 Å². The van der Waals surface area contributed by atoms with Crippen LogP contribution in [0.25, 0.3) is 10.6 Å². The van der Waals surface area contributed by atoms with Gasteiger partial charge < -0.3 is 10.5 Å². The zero-order valence-corrected chi connectivity index (χ0v) is 22.8. The predicted octanol–water partition coefficient (Wildman–Crippen LogP) is 4.58. The molecule has 1 aliphatic heterocycles. The van der Waals surface area contributed by atoms with Gasteiger partial charge in [0, 0.05) is 55.1 Å². The lowest BCUT2D eigenvalue weighted by molar-refractivity contribution is 0.1000. The Labute approximate surface area is 216 Å². The first-order valence-electron chi connectivity index (χ1n) is 12.2. The van der Waals surface area contributed by atoms with E-state index >= 15 is 0 Å². The van der Waals surface area contributed by atoms with Crippen molar-refractivity contribution in [1.29, 1.82) is 0 Å². The fraction of sp³-hybridized carbons (Fsp3) is 0.500. The molecule has 1 amide bonds. The minimum absolute atomic E-state index is 0.0339. The highest BCUT2D eigenvalue weighted by Crippen LogP contribution is 2.33. The number of piperazine rings is 1. The molecule has 2 aromatic heterocycles. The van der Waals surface area contributed by atoms with Gasteiger partial charge in [0.05, 0.1) is 33.9 Å². The Morgan fingerprint density at radius 1 is 1.11 bits per heavy atom. The number of hydrogen-bond donors (Lipinski definition) is 1. The summed E-state index contributed by atoms with van der Waals surface area (Å²) in [5, 5.41) is 4.21. The van der Waals surface area contributed by atoms with Crippen LogP contribution in [0.15, 0.2) is 23.6 Å². The molecule has 0 bridgehead atoms. The van der Waals surface area contributed by atoms with Crippen LogP contribution in [0.4, 0.5) is 0 Å². The number of hydrogen-bond acceptors (Lipinski definition) is 8. The molecule has 0 aliphatic carbocycles. The van der Waals surface area contributed by atoms with E-state index in [0.717, 1.165) is 70.3 Å². The number of nitrogens with zero attached hydrogens (tertiary/aromatic N) is 4. The van der Waals surface area contributed by atoms with Crippen LogP contribution >= 0.6 is 22.7 Å². The quantitative estimate of drug-likeness (QED) is 0.451. The van der Waals surface area contributed by atoms with Crippen molar-refractivity contribution >= 4 is 28.6 Å². The standard InChI is InChI=1S/C26H35N5O2S2/c1-16(2)31-10-8-30(9-11-31)14-24-28-18(5)25(35-24)21-15-34-23(29-21)13-20-12-19(26(27)32)6-7-22(20)33-17(3)4/h6-7,12,15-17H,8-11,13-14H2,1-5H3,(H2,27,32). The average molecular weight is 514 g/mol. The molecule has 0 atom stereocenters. The van der Waals surface area contributed by atoms with E-state index in [0.29, 0.717) is 18.0 Å². The summed E-state index contributed by atoms with van der Waals surface area (Å²) in [5.74, 6) is 0.316. The summed E-state index contributed by atoms with van der Waals surface area (Å²) in [6, 6.07) is 5.96. The molecule has 1 fully saturated rings. The van der Waals surface area contributed by atoms with Crippen molar-refractivity contribution in [2.75, 3.05) is 26.2 Å². The first-order valence-corrected chi connectivity index (χ1v) is 13.9. The maximum Gasteiger partial charge on any atom is 0.248 e. The van der Waals surface area contributed by atoms with Gasteiger partial charge in [0.2, 0.25) is 5.91 Å². The summed E-state index contributed by atoms with van der Waals surface area (Å²) in [5.41, 5.74) is 8.90. The first-order chi connectivity index (χ1) is 16.7. The number of ether oxygens (including phenoxy) is 1. The van der Waals surface area contributed by atoms with Gasteiger partial charge in [-0.05, 0) is 52.8 Å². The van der Waals surface area contributed by atoms with E-state index < -0.39 is 5.91 Å². The average Bonchev–Trinajstić information content (AvgIpc) is 3.40. The monoisotopic (exact) mass is 513 g/mol. The Morgan fingerprint density at radius 3 is 2.51 bits per heavy atom. The van der Waals surface area contributed by atoms with Crippen LogP contribution in [0.3, 0.4) is 0 Å².